The summed E-state index contributed by atoms with van der Waals surface area (Å²) >= 11 is 0. The average Bonchev–Trinajstić information content (AvgIpc) is 2.93. The molecule has 0 spiro atoms. The van der Waals surface area contributed by atoms with E-state index in [1.54, 1.807) is 54.6 Å². The van der Waals surface area contributed by atoms with Crippen LogP contribution in [-0.4, -0.2) is 37.1 Å². The Bertz CT molecular complexity index is 1200. The summed E-state index contributed by atoms with van der Waals surface area (Å²) in [6, 6.07) is 22.8. The van der Waals surface area contributed by atoms with Crippen molar-refractivity contribution in [2.75, 3.05) is 13.2 Å². The minimum Gasteiger partial charge on any atom is -0.490 e. The number of rotatable bonds is 13. The summed E-state index contributed by atoms with van der Waals surface area (Å²) in [6.07, 6.45) is 4.13. The standard InChI is InChI=1S/C29H31N3O5/c1-2-36-26-20-22(17-18-25(26)37-29(35)24-14-8-4-9-15-24)21-31-32-27(33)16-10-5-11-19-30-28(34)23-12-6-3-7-13-23/h3-4,6-9,12-15,17-18,20-21H,2,5,10-11,16,19H2,1H3,(H,30,34)(H,32,33)/b31-21+. The van der Waals surface area contributed by atoms with Crippen molar-refractivity contribution in [1.29, 1.82) is 0 Å². The molecule has 0 aliphatic carbocycles. The van der Waals surface area contributed by atoms with Crippen molar-refractivity contribution in [3.05, 3.63) is 95.6 Å². The van der Waals surface area contributed by atoms with E-state index in [1.165, 1.54) is 6.21 Å². The highest BCUT2D eigenvalue weighted by Gasteiger charge is 2.13. The minimum absolute atomic E-state index is 0.0948. The Morgan fingerprint density at radius 3 is 2.24 bits per heavy atom. The van der Waals surface area contributed by atoms with Crippen LogP contribution >= 0.6 is 0 Å². The molecule has 0 saturated carbocycles. The van der Waals surface area contributed by atoms with Gasteiger partial charge in [0.05, 0.1) is 18.4 Å². The number of ether oxygens (including phenoxy) is 2. The van der Waals surface area contributed by atoms with Gasteiger partial charge in [0.25, 0.3) is 5.91 Å². The van der Waals surface area contributed by atoms with E-state index in [2.05, 4.69) is 15.8 Å². The fourth-order valence-electron chi connectivity index (χ4n) is 3.41. The van der Waals surface area contributed by atoms with Crippen LogP contribution < -0.4 is 20.2 Å². The highest BCUT2D eigenvalue weighted by molar-refractivity contribution is 5.94. The van der Waals surface area contributed by atoms with E-state index in [0.717, 1.165) is 12.8 Å². The maximum Gasteiger partial charge on any atom is 0.343 e. The summed E-state index contributed by atoms with van der Waals surface area (Å²) in [5, 5.41) is 6.88. The highest BCUT2D eigenvalue weighted by atomic mass is 16.6. The third-order valence-corrected chi connectivity index (χ3v) is 5.28. The maximum absolute atomic E-state index is 12.4. The second-order valence-electron chi connectivity index (χ2n) is 8.12. The third-order valence-electron chi connectivity index (χ3n) is 5.28. The van der Waals surface area contributed by atoms with Gasteiger partial charge >= 0.3 is 5.97 Å². The first kappa shape index (κ1) is 27.1. The molecule has 0 aromatic heterocycles. The molecule has 3 aromatic rings. The van der Waals surface area contributed by atoms with Gasteiger partial charge in [-0.2, -0.15) is 5.10 Å². The molecule has 192 valence electrons. The van der Waals surface area contributed by atoms with Crippen molar-refractivity contribution in [3.63, 3.8) is 0 Å². The molecular formula is C29H31N3O5. The first-order valence-electron chi connectivity index (χ1n) is 12.3. The fraction of sp³-hybridized carbons (Fsp3) is 0.241. The van der Waals surface area contributed by atoms with E-state index in [4.69, 9.17) is 9.47 Å². The maximum atomic E-state index is 12.4. The van der Waals surface area contributed by atoms with Crippen LogP contribution in [0.1, 0.15) is 58.9 Å². The van der Waals surface area contributed by atoms with Gasteiger partial charge in [0, 0.05) is 18.5 Å². The second-order valence-corrected chi connectivity index (χ2v) is 8.12. The molecular weight excluding hydrogens is 470 g/mol. The van der Waals surface area contributed by atoms with Crippen LogP contribution in [-0.2, 0) is 4.79 Å². The lowest BCUT2D eigenvalue weighted by Gasteiger charge is -2.11. The molecule has 0 atom stereocenters. The van der Waals surface area contributed by atoms with E-state index >= 15 is 0 Å². The Balaban J connectivity index is 1.39. The van der Waals surface area contributed by atoms with E-state index in [1.807, 2.05) is 31.2 Å². The molecule has 0 aliphatic rings. The molecule has 8 nitrogen and oxygen atoms in total. The Kier molecular flexibility index (Phi) is 10.9. The number of nitrogens with one attached hydrogen (secondary N) is 2. The number of hydrogen-bond acceptors (Lipinski definition) is 6. The fourth-order valence-corrected chi connectivity index (χ4v) is 3.41. The lowest BCUT2D eigenvalue weighted by Crippen LogP contribution is -2.24. The lowest BCUT2D eigenvalue weighted by atomic mass is 10.2. The van der Waals surface area contributed by atoms with Gasteiger partial charge in [0.2, 0.25) is 5.91 Å². The van der Waals surface area contributed by atoms with Gasteiger partial charge in [-0.05, 0) is 67.8 Å². The number of nitrogens with zero attached hydrogens (tertiary/aromatic N) is 1. The smallest absolute Gasteiger partial charge is 0.343 e. The van der Waals surface area contributed by atoms with E-state index in [9.17, 15) is 14.4 Å². The first-order valence-corrected chi connectivity index (χ1v) is 12.3. The number of esters is 1. The Morgan fingerprint density at radius 1 is 0.838 bits per heavy atom. The van der Waals surface area contributed by atoms with Gasteiger partial charge in [0.15, 0.2) is 11.5 Å². The summed E-state index contributed by atoms with van der Waals surface area (Å²) in [4.78, 5) is 36.4. The number of amides is 2. The predicted octanol–water partition coefficient (Wildman–Crippen LogP) is 4.75. The molecule has 0 bridgehead atoms. The molecule has 2 N–H and O–H groups in total. The molecule has 3 rings (SSSR count). The number of carbonyl (C=O) groups is 3. The third kappa shape index (κ3) is 9.25. The van der Waals surface area contributed by atoms with Crippen molar-refractivity contribution in [2.24, 2.45) is 5.10 Å². The molecule has 0 saturated heterocycles. The summed E-state index contributed by atoms with van der Waals surface area (Å²) in [7, 11) is 0. The largest absolute Gasteiger partial charge is 0.490 e. The molecule has 3 aromatic carbocycles. The Labute approximate surface area is 216 Å². The monoisotopic (exact) mass is 501 g/mol. The van der Waals surface area contributed by atoms with E-state index in [0.29, 0.717) is 54.2 Å². The molecule has 2 amide bonds. The molecule has 0 unspecified atom stereocenters. The van der Waals surface area contributed by atoms with Crippen LogP contribution in [0.3, 0.4) is 0 Å². The zero-order valence-electron chi connectivity index (χ0n) is 20.8. The summed E-state index contributed by atoms with van der Waals surface area (Å²) in [6.45, 7) is 2.79. The molecule has 0 heterocycles. The van der Waals surface area contributed by atoms with Crippen molar-refractivity contribution in [1.82, 2.24) is 10.7 Å². The van der Waals surface area contributed by atoms with Gasteiger partial charge in [-0.3, -0.25) is 9.59 Å². The van der Waals surface area contributed by atoms with E-state index in [-0.39, 0.29) is 11.8 Å². The van der Waals surface area contributed by atoms with Crippen LogP contribution in [0.15, 0.2) is 84.0 Å². The molecule has 0 radical (unpaired) electrons. The minimum atomic E-state index is -0.478. The molecule has 37 heavy (non-hydrogen) atoms. The Hall–Kier alpha value is -4.46. The van der Waals surface area contributed by atoms with Gasteiger partial charge in [-0.1, -0.05) is 42.8 Å². The van der Waals surface area contributed by atoms with Crippen molar-refractivity contribution >= 4 is 24.0 Å². The SMILES string of the molecule is CCOc1cc(/C=N/NC(=O)CCCCCNC(=O)c2ccccc2)ccc1OC(=O)c1ccccc1. The van der Waals surface area contributed by atoms with Gasteiger partial charge in [0.1, 0.15) is 0 Å². The summed E-state index contributed by atoms with van der Waals surface area (Å²) < 4.78 is 11.1. The number of benzene rings is 3. The van der Waals surface area contributed by atoms with Crippen molar-refractivity contribution < 1.29 is 23.9 Å². The molecule has 8 heteroatoms. The van der Waals surface area contributed by atoms with Crippen LogP contribution in [0.2, 0.25) is 0 Å². The molecule has 0 fully saturated rings. The summed E-state index contributed by atoms with van der Waals surface area (Å²) in [5.74, 6) is -0.0577. The normalized spacial score (nSPS) is 10.6. The van der Waals surface area contributed by atoms with Crippen LogP contribution in [0.4, 0.5) is 0 Å². The van der Waals surface area contributed by atoms with Crippen LogP contribution in [0, 0.1) is 0 Å². The zero-order valence-corrected chi connectivity index (χ0v) is 20.8. The van der Waals surface area contributed by atoms with Crippen LogP contribution in [0.25, 0.3) is 0 Å². The van der Waals surface area contributed by atoms with Gasteiger partial charge in [-0.25, -0.2) is 10.2 Å². The number of unbranched alkanes of at least 4 members (excludes halogenated alkanes) is 2. The number of hydrazone groups is 1. The van der Waals surface area contributed by atoms with Crippen molar-refractivity contribution in [2.45, 2.75) is 32.6 Å². The molecule has 0 aliphatic heterocycles. The quantitative estimate of drug-likeness (QED) is 0.116. The van der Waals surface area contributed by atoms with Crippen molar-refractivity contribution in [3.8, 4) is 11.5 Å². The lowest BCUT2D eigenvalue weighted by molar-refractivity contribution is -0.121. The Morgan fingerprint density at radius 2 is 1.54 bits per heavy atom. The summed E-state index contributed by atoms with van der Waals surface area (Å²) in [5.41, 5.74) is 4.27. The van der Waals surface area contributed by atoms with E-state index < -0.39 is 5.97 Å². The second kappa shape index (κ2) is 14.8. The van der Waals surface area contributed by atoms with Gasteiger partial charge < -0.3 is 14.8 Å². The number of hydrogen-bond donors (Lipinski definition) is 2. The predicted molar refractivity (Wildman–Crippen MR) is 142 cm³/mol. The average molecular weight is 502 g/mol. The number of carbonyl (C=O) groups excluding carboxylic acids is 3. The first-order chi connectivity index (χ1) is 18.1. The zero-order chi connectivity index (χ0) is 26.3. The van der Waals surface area contributed by atoms with Crippen LogP contribution in [0.5, 0.6) is 11.5 Å². The topological polar surface area (TPSA) is 106 Å². The van der Waals surface area contributed by atoms with Gasteiger partial charge in [-0.15, -0.1) is 0 Å². The highest BCUT2D eigenvalue weighted by Crippen LogP contribution is 2.29.